The molecule has 1 fully saturated rings. The molecule has 0 radical (unpaired) electrons. The maximum Gasteiger partial charge on any atom is 0.0896 e. The standard InChI is InChI=1S/C13H18N2S/c1-10-4-3-5-13(6-10,9-14)7-12-8-15-11(2)16-12/h8,10H,3-7H2,1-2H3. The second kappa shape index (κ2) is 4.55. The molecule has 1 saturated carbocycles. The van der Waals surface area contributed by atoms with Gasteiger partial charge in [-0.25, -0.2) is 4.98 Å². The largest absolute Gasteiger partial charge is 0.250 e. The van der Waals surface area contributed by atoms with Gasteiger partial charge in [-0.2, -0.15) is 5.26 Å². The van der Waals surface area contributed by atoms with Crippen LogP contribution in [0.25, 0.3) is 0 Å². The summed E-state index contributed by atoms with van der Waals surface area (Å²) in [6.45, 7) is 4.29. The molecule has 0 N–H and O–H groups in total. The van der Waals surface area contributed by atoms with Crippen molar-refractivity contribution in [2.24, 2.45) is 11.3 Å². The fraction of sp³-hybridized carbons (Fsp3) is 0.692. The Balaban J connectivity index is 2.13. The topological polar surface area (TPSA) is 36.7 Å². The van der Waals surface area contributed by atoms with Crippen LogP contribution in [0.1, 0.15) is 42.5 Å². The second-order valence-corrected chi connectivity index (χ2v) is 6.44. The number of aryl methyl sites for hydroxylation is 1. The van der Waals surface area contributed by atoms with E-state index < -0.39 is 0 Å². The van der Waals surface area contributed by atoms with Gasteiger partial charge in [0.25, 0.3) is 0 Å². The van der Waals surface area contributed by atoms with Crippen LogP contribution in [0.2, 0.25) is 0 Å². The third kappa shape index (κ3) is 2.44. The minimum Gasteiger partial charge on any atom is -0.250 e. The van der Waals surface area contributed by atoms with Crippen LogP contribution in [0.4, 0.5) is 0 Å². The predicted octanol–water partition coefficient (Wildman–Crippen LogP) is 3.71. The van der Waals surface area contributed by atoms with Crippen molar-refractivity contribution in [1.82, 2.24) is 4.98 Å². The van der Waals surface area contributed by atoms with E-state index in [2.05, 4.69) is 18.0 Å². The first kappa shape index (κ1) is 11.6. The van der Waals surface area contributed by atoms with Gasteiger partial charge in [0.15, 0.2) is 0 Å². The minimum atomic E-state index is -0.114. The average Bonchev–Trinajstić information content (AvgIpc) is 2.64. The molecule has 1 aliphatic rings. The highest BCUT2D eigenvalue weighted by atomic mass is 32.1. The summed E-state index contributed by atoms with van der Waals surface area (Å²) in [4.78, 5) is 5.55. The summed E-state index contributed by atoms with van der Waals surface area (Å²) in [5, 5.41) is 10.6. The molecule has 0 aliphatic heterocycles. The molecule has 16 heavy (non-hydrogen) atoms. The lowest BCUT2D eigenvalue weighted by Gasteiger charge is -2.33. The molecule has 1 aromatic heterocycles. The molecule has 0 spiro atoms. The lowest BCUT2D eigenvalue weighted by atomic mass is 9.69. The molecule has 0 saturated heterocycles. The predicted molar refractivity (Wildman–Crippen MR) is 66.2 cm³/mol. The minimum absolute atomic E-state index is 0.114. The molecule has 0 aromatic carbocycles. The number of nitrogens with zero attached hydrogens (tertiary/aromatic N) is 2. The molecule has 1 aliphatic carbocycles. The van der Waals surface area contributed by atoms with Crippen LogP contribution < -0.4 is 0 Å². The van der Waals surface area contributed by atoms with Gasteiger partial charge in [0.1, 0.15) is 0 Å². The van der Waals surface area contributed by atoms with E-state index in [1.165, 1.54) is 17.7 Å². The highest BCUT2D eigenvalue weighted by Crippen LogP contribution is 2.42. The van der Waals surface area contributed by atoms with Gasteiger partial charge in [-0.05, 0) is 25.7 Å². The highest BCUT2D eigenvalue weighted by Gasteiger charge is 2.35. The van der Waals surface area contributed by atoms with E-state index in [-0.39, 0.29) is 5.41 Å². The Morgan fingerprint density at radius 3 is 3.06 bits per heavy atom. The molecule has 0 bridgehead atoms. The zero-order valence-electron chi connectivity index (χ0n) is 9.99. The SMILES string of the molecule is Cc1ncc(CC2(C#N)CCCC(C)C2)s1. The Labute approximate surface area is 101 Å². The number of nitriles is 1. The maximum absolute atomic E-state index is 9.46. The fourth-order valence-electron chi connectivity index (χ4n) is 2.78. The van der Waals surface area contributed by atoms with Gasteiger partial charge in [-0.15, -0.1) is 11.3 Å². The molecule has 2 rings (SSSR count). The Morgan fingerprint density at radius 2 is 2.50 bits per heavy atom. The Morgan fingerprint density at radius 1 is 1.69 bits per heavy atom. The van der Waals surface area contributed by atoms with Crippen molar-refractivity contribution in [3.63, 3.8) is 0 Å². The summed E-state index contributed by atoms with van der Waals surface area (Å²) in [6.07, 6.45) is 7.45. The Hall–Kier alpha value is -0.880. The number of hydrogen-bond acceptors (Lipinski definition) is 3. The van der Waals surface area contributed by atoms with Crippen molar-refractivity contribution in [3.05, 3.63) is 16.1 Å². The van der Waals surface area contributed by atoms with Crippen LogP contribution in [-0.2, 0) is 6.42 Å². The van der Waals surface area contributed by atoms with Gasteiger partial charge in [0.05, 0.1) is 16.5 Å². The summed E-state index contributed by atoms with van der Waals surface area (Å²) in [5.74, 6) is 0.697. The first-order valence-electron chi connectivity index (χ1n) is 5.96. The van der Waals surface area contributed by atoms with E-state index in [4.69, 9.17) is 0 Å². The molecular formula is C13H18N2S. The van der Waals surface area contributed by atoms with Crippen molar-refractivity contribution < 1.29 is 0 Å². The Bertz CT molecular complexity index is 404. The van der Waals surface area contributed by atoms with Crippen LogP contribution in [0.5, 0.6) is 0 Å². The first-order chi connectivity index (χ1) is 7.63. The van der Waals surface area contributed by atoms with Crippen molar-refractivity contribution in [1.29, 1.82) is 5.26 Å². The molecule has 86 valence electrons. The summed E-state index contributed by atoms with van der Waals surface area (Å²) >= 11 is 1.73. The van der Waals surface area contributed by atoms with Gasteiger partial charge >= 0.3 is 0 Å². The van der Waals surface area contributed by atoms with Gasteiger partial charge < -0.3 is 0 Å². The molecule has 0 amide bonds. The first-order valence-corrected chi connectivity index (χ1v) is 6.78. The normalized spacial score (nSPS) is 29.9. The molecule has 2 unspecified atom stereocenters. The quantitative estimate of drug-likeness (QED) is 0.782. The summed E-state index contributed by atoms with van der Waals surface area (Å²) in [5.41, 5.74) is -0.114. The lowest BCUT2D eigenvalue weighted by Crippen LogP contribution is -2.28. The number of hydrogen-bond donors (Lipinski definition) is 0. The molecule has 2 nitrogen and oxygen atoms in total. The van der Waals surface area contributed by atoms with E-state index in [1.54, 1.807) is 11.3 Å². The summed E-state index contributed by atoms with van der Waals surface area (Å²) in [7, 11) is 0. The van der Waals surface area contributed by atoms with Gasteiger partial charge in [0, 0.05) is 17.5 Å². The van der Waals surface area contributed by atoms with Crippen molar-refractivity contribution in [2.45, 2.75) is 46.0 Å². The zero-order chi connectivity index (χ0) is 11.6. The summed E-state index contributed by atoms with van der Waals surface area (Å²) in [6, 6.07) is 2.58. The fourth-order valence-corrected chi connectivity index (χ4v) is 3.72. The van der Waals surface area contributed by atoms with E-state index >= 15 is 0 Å². The maximum atomic E-state index is 9.46. The smallest absolute Gasteiger partial charge is 0.0896 e. The van der Waals surface area contributed by atoms with E-state index in [9.17, 15) is 5.26 Å². The molecule has 2 atom stereocenters. The van der Waals surface area contributed by atoms with Gasteiger partial charge in [-0.1, -0.05) is 19.8 Å². The second-order valence-electron chi connectivity index (χ2n) is 5.12. The summed E-state index contributed by atoms with van der Waals surface area (Å²) < 4.78 is 0. The molecule has 1 aromatic rings. The molecular weight excluding hydrogens is 216 g/mol. The number of thiazole rings is 1. The van der Waals surface area contributed by atoms with Crippen molar-refractivity contribution in [2.75, 3.05) is 0 Å². The van der Waals surface area contributed by atoms with E-state index in [0.717, 1.165) is 24.3 Å². The van der Waals surface area contributed by atoms with Crippen LogP contribution >= 0.6 is 11.3 Å². The number of aromatic nitrogens is 1. The average molecular weight is 234 g/mol. The third-order valence-corrected chi connectivity index (χ3v) is 4.42. The number of rotatable bonds is 2. The van der Waals surface area contributed by atoms with Gasteiger partial charge in [0.2, 0.25) is 0 Å². The molecule has 3 heteroatoms. The van der Waals surface area contributed by atoms with Crippen molar-refractivity contribution >= 4 is 11.3 Å². The zero-order valence-corrected chi connectivity index (χ0v) is 10.8. The van der Waals surface area contributed by atoms with E-state index in [1.807, 2.05) is 13.1 Å². The van der Waals surface area contributed by atoms with Crippen LogP contribution in [0.3, 0.4) is 0 Å². The monoisotopic (exact) mass is 234 g/mol. The molecule has 1 heterocycles. The van der Waals surface area contributed by atoms with Crippen LogP contribution in [0.15, 0.2) is 6.20 Å². The van der Waals surface area contributed by atoms with Crippen LogP contribution in [0, 0.1) is 29.6 Å². The highest BCUT2D eigenvalue weighted by molar-refractivity contribution is 7.11. The van der Waals surface area contributed by atoms with Crippen molar-refractivity contribution in [3.8, 4) is 6.07 Å². The van der Waals surface area contributed by atoms with Gasteiger partial charge in [-0.3, -0.25) is 0 Å². The Kier molecular flexibility index (Phi) is 3.30. The third-order valence-electron chi connectivity index (χ3n) is 3.51. The van der Waals surface area contributed by atoms with E-state index in [0.29, 0.717) is 5.92 Å². The lowest BCUT2D eigenvalue weighted by molar-refractivity contribution is 0.210. The van der Waals surface area contributed by atoms with Crippen LogP contribution in [-0.4, -0.2) is 4.98 Å².